The summed E-state index contributed by atoms with van der Waals surface area (Å²) in [6.45, 7) is 1.89. The molecule has 6 nitrogen and oxygen atoms in total. The fourth-order valence-corrected chi connectivity index (χ4v) is 3.77. The number of carbonyl (C=O) groups excluding carboxylic acids is 1. The van der Waals surface area contributed by atoms with Crippen LogP contribution in [0.3, 0.4) is 0 Å². The molecule has 0 aliphatic heterocycles. The number of nitrogens with one attached hydrogen (secondary N) is 1. The van der Waals surface area contributed by atoms with Crippen molar-refractivity contribution in [3.8, 4) is 0 Å². The number of hydrogen-bond donors (Lipinski definition) is 1. The van der Waals surface area contributed by atoms with E-state index in [2.05, 4.69) is 15.3 Å². The van der Waals surface area contributed by atoms with Gasteiger partial charge in [0.05, 0.1) is 17.4 Å². The van der Waals surface area contributed by atoms with E-state index in [0.29, 0.717) is 11.3 Å². The molecule has 0 saturated carbocycles. The molecule has 0 atom stereocenters. The van der Waals surface area contributed by atoms with Crippen molar-refractivity contribution in [1.82, 2.24) is 14.5 Å². The monoisotopic (exact) mass is 507 g/mol. The zero-order valence-electron chi connectivity index (χ0n) is 19.0. The van der Waals surface area contributed by atoms with Crippen LogP contribution >= 0.6 is 12.4 Å². The van der Waals surface area contributed by atoms with Gasteiger partial charge < -0.3 is 14.8 Å². The Morgan fingerprint density at radius 2 is 1.83 bits per heavy atom. The molecule has 0 radical (unpaired) electrons. The fourth-order valence-electron chi connectivity index (χ4n) is 3.77. The van der Waals surface area contributed by atoms with Crippen molar-refractivity contribution in [2.45, 2.75) is 19.6 Å². The standard InChI is InChI=1S/C24H21F4N5O.ClH/c1-14-7-19(12-30-21(14)32(2)3)31-23(34)20-10-16-9-17(24(26,27)28)11-29-22(16)33(20)13-15-5-4-6-18(25)8-15;/h4-12H,13H2,1-3H3,(H,31,34);1H. The minimum atomic E-state index is -4.58. The summed E-state index contributed by atoms with van der Waals surface area (Å²) in [5.74, 6) is -0.279. The van der Waals surface area contributed by atoms with Crippen LogP contribution in [0.1, 0.15) is 27.2 Å². The SMILES string of the molecule is Cc1cc(NC(=O)c2cc3cc(C(F)(F)F)cnc3n2Cc2cccc(F)c2)cnc1N(C)C.Cl. The van der Waals surface area contributed by atoms with Crippen LogP contribution in [0.4, 0.5) is 29.1 Å². The van der Waals surface area contributed by atoms with E-state index in [9.17, 15) is 22.4 Å². The first-order chi connectivity index (χ1) is 16.0. The van der Waals surface area contributed by atoms with Crippen LogP contribution in [0.2, 0.25) is 0 Å². The van der Waals surface area contributed by atoms with E-state index in [1.807, 2.05) is 25.9 Å². The first kappa shape index (κ1) is 26.0. The molecule has 0 bridgehead atoms. The number of rotatable bonds is 5. The Kier molecular flexibility index (Phi) is 7.35. The molecule has 11 heteroatoms. The van der Waals surface area contributed by atoms with Crippen LogP contribution in [0.5, 0.6) is 0 Å². The van der Waals surface area contributed by atoms with Crippen molar-refractivity contribution in [2.24, 2.45) is 0 Å². The van der Waals surface area contributed by atoms with Crippen LogP contribution in [-0.4, -0.2) is 34.5 Å². The number of pyridine rings is 2. The number of nitrogens with zero attached hydrogens (tertiary/aromatic N) is 4. The Balaban J connectivity index is 0.00000342. The number of benzene rings is 1. The van der Waals surface area contributed by atoms with Crippen LogP contribution in [0.15, 0.2) is 54.9 Å². The molecule has 1 N–H and O–H groups in total. The molecular weight excluding hydrogens is 486 g/mol. The average Bonchev–Trinajstić information content (AvgIpc) is 3.11. The number of anilines is 2. The summed E-state index contributed by atoms with van der Waals surface area (Å²) in [7, 11) is 3.70. The van der Waals surface area contributed by atoms with Crippen molar-refractivity contribution < 1.29 is 22.4 Å². The Labute approximate surface area is 205 Å². The van der Waals surface area contributed by atoms with E-state index in [4.69, 9.17) is 0 Å². The van der Waals surface area contributed by atoms with Crippen LogP contribution in [0.25, 0.3) is 11.0 Å². The molecule has 4 aromatic rings. The summed E-state index contributed by atoms with van der Waals surface area (Å²) >= 11 is 0. The molecule has 184 valence electrons. The second-order valence-electron chi connectivity index (χ2n) is 8.09. The van der Waals surface area contributed by atoms with Gasteiger partial charge in [0.2, 0.25) is 0 Å². The number of carbonyl (C=O) groups is 1. The van der Waals surface area contributed by atoms with E-state index in [1.54, 1.807) is 12.1 Å². The fraction of sp³-hybridized carbons (Fsp3) is 0.208. The highest BCUT2D eigenvalue weighted by Gasteiger charge is 2.32. The predicted octanol–water partition coefficient (Wildman–Crippen LogP) is 5.69. The first-order valence-electron chi connectivity index (χ1n) is 10.3. The van der Waals surface area contributed by atoms with Gasteiger partial charge in [-0.2, -0.15) is 13.2 Å². The molecular formula is C24H22ClF4N5O. The minimum absolute atomic E-state index is 0. The maximum atomic E-state index is 13.7. The van der Waals surface area contributed by atoms with E-state index in [0.717, 1.165) is 23.6 Å². The van der Waals surface area contributed by atoms with E-state index in [-0.39, 0.29) is 35.7 Å². The maximum absolute atomic E-state index is 13.7. The maximum Gasteiger partial charge on any atom is 0.417 e. The highest BCUT2D eigenvalue weighted by molar-refractivity contribution is 6.06. The van der Waals surface area contributed by atoms with Gasteiger partial charge in [0, 0.05) is 32.2 Å². The number of alkyl halides is 3. The Hall–Kier alpha value is -3.66. The molecule has 4 rings (SSSR count). The highest BCUT2D eigenvalue weighted by Crippen LogP contribution is 2.32. The first-order valence-corrected chi connectivity index (χ1v) is 10.3. The van der Waals surface area contributed by atoms with Crippen molar-refractivity contribution in [1.29, 1.82) is 0 Å². The number of fused-ring (bicyclic) bond motifs is 1. The number of aromatic nitrogens is 3. The van der Waals surface area contributed by atoms with E-state index < -0.39 is 23.5 Å². The Morgan fingerprint density at radius 3 is 2.46 bits per heavy atom. The molecule has 35 heavy (non-hydrogen) atoms. The summed E-state index contributed by atoms with van der Waals surface area (Å²) in [5.41, 5.74) is 1.13. The molecule has 0 unspecified atom stereocenters. The quantitative estimate of drug-likeness (QED) is 0.353. The summed E-state index contributed by atoms with van der Waals surface area (Å²) in [4.78, 5) is 23.3. The van der Waals surface area contributed by atoms with Gasteiger partial charge in [0.25, 0.3) is 5.91 Å². The lowest BCUT2D eigenvalue weighted by atomic mass is 10.2. The molecule has 0 fully saturated rings. The molecule has 0 aliphatic rings. The van der Waals surface area contributed by atoms with Crippen molar-refractivity contribution in [2.75, 3.05) is 24.3 Å². The van der Waals surface area contributed by atoms with E-state index >= 15 is 0 Å². The van der Waals surface area contributed by atoms with E-state index in [1.165, 1.54) is 35.0 Å². The topological polar surface area (TPSA) is 63.1 Å². The highest BCUT2D eigenvalue weighted by atomic mass is 35.5. The number of aryl methyl sites for hydroxylation is 1. The smallest absolute Gasteiger partial charge is 0.363 e. The van der Waals surface area contributed by atoms with Gasteiger partial charge in [-0.15, -0.1) is 12.4 Å². The van der Waals surface area contributed by atoms with Crippen LogP contribution in [0, 0.1) is 12.7 Å². The van der Waals surface area contributed by atoms with Crippen LogP contribution in [-0.2, 0) is 12.7 Å². The van der Waals surface area contributed by atoms with Gasteiger partial charge in [-0.25, -0.2) is 14.4 Å². The molecule has 1 aromatic carbocycles. The molecule has 3 heterocycles. The van der Waals surface area contributed by atoms with Gasteiger partial charge in [0.1, 0.15) is 23.0 Å². The Bertz CT molecular complexity index is 1380. The second-order valence-corrected chi connectivity index (χ2v) is 8.09. The molecule has 0 saturated heterocycles. The van der Waals surface area contributed by atoms with Gasteiger partial charge in [-0.1, -0.05) is 12.1 Å². The zero-order valence-corrected chi connectivity index (χ0v) is 19.8. The molecule has 3 aromatic heterocycles. The molecule has 1 amide bonds. The molecule has 0 spiro atoms. The number of halogens is 5. The van der Waals surface area contributed by atoms with Crippen LogP contribution < -0.4 is 10.2 Å². The van der Waals surface area contributed by atoms with Gasteiger partial charge in [0.15, 0.2) is 0 Å². The third-order valence-corrected chi connectivity index (χ3v) is 5.26. The largest absolute Gasteiger partial charge is 0.417 e. The third kappa shape index (κ3) is 5.54. The Morgan fingerprint density at radius 1 is 1.09 bits per heavy atom. The third-order valence-electron chi connectivity index (χ3n) is 5.26. The summed E-state index contributed by atoms with van der Waals surface area (Å²) < 4.78 is 54.8. The minimum Gasteiger partial charge on any atom is -0.363 e. The van der Waals surface area contributed by atoms with Crippen molar-refractivity contribution >= 4 is 40.9 Å². The number of amides is 1. The van der Waals surface area contributed by atoms with Crippen molar-refractivity contribution in [3.63, 3.8) is 0 Å². The summed E-state index contributed by atoms with van der Waals surface area (Å²) in [5, 5.41) is 2.89. The summed E-state index contributed by atoms with van der Waals surface area (Å²) in [6, 6.07) is 9.80. The second kappa shape index (κ2) is 9.91. The van der Waals surface area contributed by atoms with Gasteiger partial charge in [-0.05, 0) is 48.4 Å². The lowest BCUT2D eigenvalue weighted by Gasteiger charge is -2.15. The number of hydrogen-bond acceptors (Lipinski definition) is 4. The summed E-state index contributed by atoms with van der Waals surface area (Å²) in [6.07, 6.45) is -2.36. The normalized spacial score (nSPS) is 11.3. The lowest BCUT2D eigenvalue weighted by molar-refractivity contribution is -0.137. The average molecular weight is 508 g/mol. The lowest BCUT2D eigenvalue weighted by Crippen LogP contribution is -2.18. The van der Waals surface area contributed by atoms with Gasteiger partial charge >= 0.3 is 6.18 Å². The van der Waals surface area contributed by atoms with Gasteiger partial charge in [-0.3, -0.25) is 4.79 Å². The zero-order chi connectivity index (χ0) is 24.6. The molecule has 0 aliphatic carbocycles. The van der Waals surface area contributed by atoms with Crippen molar-refractivity contribution in [3.05, 3.63) is 83.1 Å². The predicted molar refractivity (Wildman–Crippen MR) is 129 cm³/mol.